The molecule has 0 aromatic heterocycles. The summed E-state index contributed by atoms with van der Waals surface area (Å²) in [5.41, 5.74) is 1.80. The minimum Gasteiger partial charge on any atom is -0.445 e. The predicted molar refractivity (Wildman–Crippen MR) is 103 cm³/mol. The number of alkyl carbamates (subject to hydrolysis) is 1. The van der Waals surface area contributed by atoms with E-state index in [9.17, 15) is 9.59 Å². The van der Waals surface area contributed by atoms with Crippen LogP contribution in [0.1, 0.15) is 37.7 Å². The zero-order chi connectivity index (χ0) is 18.5. The lowest BCUT2D eigenvalue weighted by Gasteiger charge is -2.07. The van der Waals surface area contributed by atoms with E-state index < -0.39 is 6.09 Å². The molecule has 0 atom stereocenters. The Morgan fingerprint density at radius 1 is 0.808 bits per heavy atom. The zero-order valence-corrected chi connectivity index (χ0v) is 14.9. The van der Waals surface area contributed by atoms with Gasteiger partial charge in [-0.15, -0.1) is 0 Å². The van der Waals surface area contributed by atoms with Crippen molar-refractivity contribution in [1.82, 2.24) is 5.32 Å². The maximum Gasteiger partial charge on any atom is 0.407 e. The summed E-state index contributed by atoms with van der Waals surface area (Å²) in [4.78, 5) is 23.4. The summed E-state index contributed by atoms with van der Waals surface area (Å²) in [6.45, 7) is 0.868. The summed E-state index contributed by atoms with van der Waals surface area (Å²) in [6, 6.07) is 19.0. The summed E-state index contributed by atoms with van der Waals surface area (Å²) in [6.07, 6.45) is 3.77. The van der Waals surface area contributed by atoms with Crippen LogP contribution in [-0.2, 0) is 16.1 Å². The van der Waals surface area contributed by atoms with Crippen LogP contribution in [0.5, 0.6) is 0 Å². The zero-order valence-electron chi connectivity index (χ0n) is 14.9. The molecule has 0 aliphatic heterocycles. The number of nitrogens with one attached hydrogen (secondary N) is 2. The number of anilines is 1. The molecular weight excluding hydrogens is 328 g/mol. The van der Waals surface area contributed by atoms with Crippen LogP contribution in [0.15, 0.2) is 60.7 Å². The van der Waals surface area contributed by atoms with Crippen molar-refractivity contribution in [2.24, 2.45) is 0 Å². The van der Waals surface area contributed by atoms with Gasteiger partial charge >= 0.3 is 6.09 Å². The maximum absolute atomic E-state index is 11.8. The van der Waals surface area contributed by atoms with Crippen molar-refractivity contribution in [2.45, 2.75) is 38.7 Å². The van der Waals surface area contributed by atoms with E-state index in [1.54, 1.807) is 0 Å². The van der Waals surface area contributed by atoms with E-state index in [1.807, 2.05) is 60.7 Å². The smallest absolute Gasteiger partial charge is 0.407 e. The van der Waals surface area contributed by atoms with Gasteiger partial charge in [0.25, 0.3) is 0 Å². The topological polar surface area (TPSA) is 67.4 Å². The Balaban J connectivity index is 1.44. The Hall–Kier alpha value is -2.82. The molecule has 2 amide bonds. The van der Waals surface area contributed by atoms with Gasteiger partial charge in [-0.05, 0) is 30.5 Å². The Morgan fingerprint density at radius 3 is 2.19 bits per heavy atom. The fraction of sp³-hybridized carbons (Fsp3) is 0.333. The van der Waals surface area contributed by atoms with Crippen LogP contribution in [0.4, 0.5) is 10.5 Å². The first-order valence-corrected chi connectivity index (χ1v) is 9.03. The van der Waals surface area contributed by atoms with Crippen molar-refractivity contribution in [3.05, 3.63) is 66.2 Å². The van der Waals surface area contributed by atoms with Crippen molar-refractivity contribution in [2.75, 3.05) is 11.9 Å². The summed E-state index contributed by atoms with van der Waals surface area (Å²) >= 11 is 0. The number of hydrogen-bond donors (Lipinski definition) is 2. The summed E-state index contributed by atoms with van der Waals surface area (Å²) in [5, 5.41) is 5.62. The van der Waals surface area contributed by atoms with E-state index in [0.717, 1.165) is 36.9 Å². The van der Waals surface area contributed by atoms with Crippen molar-refractivity contribution < 1.29 is 14.3 Å². The molecule has 0 aliphatic carbocycles. The van der Waals surface area contributed by atoms with Crippen LogP contribution in [0.25, 0.3) is 0 Å². The molecule has 0 spiro atoms. The van der Waals surface area contributed by atoms with Crippen LogP contribution < -0.4 is 10.6 Å². The first kappa shape index (κ1) is 19.5. The SMILES string of the molecule is O=C(CCCCCCNC(=O)OCc1ccccc1)Nc1ccccc1. The van der Waals surface area contributed by atoms with Crippen molar-refractivity contribution >= 4 is 17.7 Å². The molecule has 2 aromatic rings. The number of unbranched alkanes of at least 4 members (excludes halogenated alkanes) is 3. The molecule has 26 heavy (non-hydrogen) atoms. The normalized spacial score (nSPS) is 10.2. The van der Waals surface area contributed by atoms with Crippen molar-refractivity contribution in [3.63, 3.8) is 0 Å². The number of para-hydroxylation sites is 1. The van der Waals surface area contributed by atoms with E-state index in [-0.39, 0.29) is 12.5 Å². The van der Waals surface area contributed by atoms with Gasteiger partial charge in [-0.2, -0.15) is 0 Å². The Bertz CT molecular complexity index is 659. The average molecular weight is 354 g/mol. The third-order valence-electron chi connectivity index (χ3n) is 3.87. The van der Waals surface area contributed by atoms with Gasteiger partial charge in [-0.1, -0.05) is 61.4 Å². The Labute approximate surface area is 154 Å². The second-order valence-corrected chi connectivity index (χ2v) is 6.07. The lowest BCUT2D eigenvalue weighted by atomic mass is 10.1. The van der Waals surface area contributed by atoms with E-state index in [1.165, 1.54) is 0 Å². The highest BCUT2D eigenvalue weighted by Crippen LogP contribution is 2.08. The monoisotopic (exact) mass is 354 g/mol. The molecule has 0 radical (unpaired) electrons. The van der Waals surface area contributed by atoms with Crippen LogP contribution in [0, 0.1) is 0 Å². The fourth-order valence-electron chi connectivity index (χ4n) is 2.47. The molecule has 5 heteroatoms. The quantitative estimate of drug-likeness (QED) is 0.617. The second-order valence-electron chi connectivity index (χ2n) is 6.07. The molecule has 0 fully saturated rings. The lowest BCUT2D eigenvalue weighted by Crippen LogP contribution is -2.25. The number of carbonyl (C=O) groups is 2. The molecule has 2 N–H and O–H groups in total. The Kier molecular flexibility index (Phi) is 8.77. The molecule has 2 rings (SSSR count). The van der Waals surface area contributed by atoms with Gasteiger partial charge in [0.1, 0.15) is 6.61 Å². The van der Waals surface area contributed by atoms with Gasteiger partial charge in [0.15, 0.2) is 0 Å². The first-order valence-electron chi connectivity index (χ1n) is 9.03. The fourth-order valence-corrected chi connectivity index (χ4v) is 2.47. The summed E-state index contributed by atoms with van der Waals surface area (Å²) in [5.74, 6) is 0.0406. The van der Waals surface area contributed by atoms with Crippen molar-refractivity contribution in [1.29, 1.82) is 0 Å². The van der Waals surface area contributed by atoms with Gasteiger partial charge in [-0.3, -0.25) is 4.79 Å². The van der Waals surface area contributed by atoms with E-state index in [2.05, 4.69) is 10.6 Å². The summed E-state index contributed by atoms with van der Waals surface area (Å²) in [7, 11) is 0. The number of ether oxygens (including phenoxy) is 1. The molecule has 138 valence electrons. The number of carbonyl (C=O) groups excluding carboxylic acids is 2. The van der Waals surface area contributed by atoms with E-state index in [0.29, 0.717) is 13.0 Å². The Morgan fingerprint density at radius 2 is 1.46 bits per heavy atom. The molecule has 0 heterocycles. The maximum atomic E-state index is 11.8. The lowest BCUT2D eigenvalue weighted by molar-refractivity contribution is -0.116. The molecule has 2 aromatic carbocycles. The highest BCUT2D eigenvalue weighted by Gasteiger charge is 2.03. The highest BCUT2D eigenvalue weighted by molar-refractivity contribution is 5.90. The number of benzene rings is 2. The molecule has 0 saturated carbocycles. The average Bonchev–Trinajstić information content (AvgIpc) is 2.67. The predicted octanol–water partition coefficient (Wildman–Crippen LogP) is 4.50. The van der Waals surface area contributed by atoms with Crippen LogP contribution in [-0.4, -0.2) is 18.5 Å². The van der Waals surface area contributed by atoms with Crippen LogP contribution in [0.2, 0.25) is 0 Å². The van der Waals surface area contributed by atoms with Gasteiger partial charge in [0.05, 0.1) is 0 Å². The minimum absolute atomic E-state index is 0.0406. The van der Waals surface area contributed by atoms with Gasteiger partial charge in [0, 0.05) is 18.7 Å². The van der Waals surface area contributed by atoms with E-state index in [4.69, 9.17) is 4.74 Å². The second kappa shape index (κ2) is 11.7. The molecule has 0 saturated heterocycles. The van der Waals surface area contributed by atoms with Crippen LogP contribution in [0.3, 0.4) is 0 Å². The largest absolute Gasteiger partial charge is 0.445 e. The van der Waals surface area contributed by atoms with Crippen LogP contribution >= 0.6 is 0 Å². The van der Waals surface area contributed by atoms with Gasteiger partial charge < -0.3 is 15.4 Å². The molecule has 5 nitrogen and oxygen atoms in total. The van der Waals surface area contributed by atoms with Gasteiger partial charge in [-0.25, -0.2) is 4.79 Å². The summed E-state index contributed by atoms with van der Waals surface area (Å²) < 4.78 is 5.14. The number of rotatable bonds is 10. The molecule has 0 aliphatic rings. The highest BCUT2D eigenvalue weighted by atomic mass is 16.5. The number of amides is 2. The molecular formula is C21H26N2O3. The first-order chi connectivity index (χ1) is 12.7. The van der Waals surface area contributed by atoms with E-state index >= 15 is 0 Å². The van der Waals surface area contributed by atoms with Gasteiger partial charge in [0.2, 0.25) is 5.91 Å². The molecule has 0 unspecified atom stereocenters. The minimum atomic E-state index is -0.393. The van der Waals surface area contributed by atoms with Crippen molar-refractivity contribution in [3.8, 4) is 0 Å². The standard InChI is InChI=1S/C21H26N2O3/c24-20(23-19-13-7-4-8-14-19)15-9-1-2-10-16-22-21(25)26-17-18-11-5-3-6-12-18/h3-8,11-14H,1-2,9-10,15-17H2,(H,22,25)(H,23,24). The third kappa shape index (κ3) is 8.33. The molecule has 0 bridgehead atoms. The third-order valence-corrected chi connectivity index (χ3v) is 3.87. The number of hydrogen-bond acceptors (Lipinski definition) is 3.